The van der Waals surface area contributed by atoms with Crippen LogP contribution in [-0.4, -0.2) is 14.0 Å². The second-order valence-electron chi connectivity index (χ2n) is 3.83. The number of nitrogens with zero attached hydrogens (tertiary/aromatic N) is 1. The monoisotopic (exact) mass is 275 g/mol. The van der Waals surface area contributed by atoms with Crippen molar-refractivity contribution in [3.05, 3.63) is 66.2 Å². The van der Waals surface area contributed by atoms with Crippen LogP contribution in [0, 0.1) is 0 Å². The van der Waals surface area contributed by atoms with E-state index >= 15 is 0 Å². The van der Waals surface area contributed by atoms with Crippen molar-refractivity contribution in [2.75, 3.05) is 0 Å². The van der Waals surface area contributed by atoms with Crippen LogP contribution in [-0.2, 0) is 21.3 Å². The molecule has 0 saturated carbocycles. The predicted octanol–water partition coefficient (Wildman–Crippen LogP) is 2.62. The summed E-state index contributed by atoms with van der Waals surface area (Å²) in [5.74, 6) is 0. The Morgan fingerprint density at radius 3 is 2.16 bits per heavy atom. The van der Waals surface area contributed by atoms with Crippen LogP contribution in [0.5, 0.6) is 0 Å². The van der Waals surface area contributed by atoms with Crippen molar-refractivity contribution in [1.82, 2.24) is 0 Å². The van der Waals surface area contributed by atoms with E-state index in [1.807, 2.05) is 30.3 Å². The topological polar surface area (TPSA) is 55.7 Å². The summed E-state index contributed by atoms with van der Waals surface area (Å²) in [6.45, 7) is 0.238. The minimum absolute atomic E-state index is 0.196. The van der Waals surface area contributed by atoms with Crippen LogP contribution >= 0.6 is 0 Å². The maximum Gasteiger partial charge on any atom is 0.220 e. The summed E-state index contributed by atoms with van der Waals surface area (Å²) in [5.41, 5.74) is 1.75. The van der Waals surface area contributed by atoms with Gasteiger partial charge in [-0.3, -0.25) is 0 Å². The zero-order chi connectivity index (χ0) is 13.6. The van der Waals surface area contributed by atoms with Crippen molar-refractivity contribution in [3.8, 4) is 0 Å². The molecular formula is C14H13NO3S. The number of sulfone groups is 1. The van der Waals surface area contributed by atoms with Crippen LogP contribution in [0.15, 0.2) is 70.7 Å². The van der Waals surface area contributed by atoms with Gasteiger partial charge in [0.1, 0.15) is 6.61 Å². The van der Waals surface area contributed by atoms with Crippen LogP contribution in [0.1, 0.15) is 5.56 Å². The van der Waals surface area contributed by atoms with Crippen LogP contribution < -0.4 is 0 Å². The summed E-state index contributed by atoms with van der Waals surface area (Å²) in [4.78, 5) is 5.16. The van der Waals surface area contributed by atoms with Gasteiger partial charge < -0.3 is 4.84 Å². The van der Waals surface area contributed by atoms with Crippen molar-refractivity contribution < 1.29 is 13.3 Å². The third-order valence-electron chi connectivity index (χ3n) is 2.40. The van der Waals surface area contributed by atoms with Crippen molar-refractivity contribution in [3.63, 3.8) is 0 Å². The Kier molecular flexibility index (Phi) is 4.30. The third kappa shape index (κ3) is 3.93. The van der Waals surface area contributed by atoms with Gasteiger partial charge in [0, 0.05) is 0 Å². The molecule has 0 amide bonds. The molecule has 0 fully saturated rings. The molecule has 4 nitrogen and oxygen atoms in total. The number of oxime groups is 1. The molecule has 0 aromatic heterocycles. The van der Waals surface area contributed by atoms with Gasteiger partial charge in [0.05, 0.1) is 4.90 Å². The van der Waals surface area contributed by atoms with Crippen molar-refractivity contribution in [1.29, 1.82) is 0 Å². The molecule has 0 radical (unpaired) electrons. The molecule has 0 bridgehead atoms. The highest BCUT2D eigenvalue weighted by atomic mass is 32.2. The summed E-state index contributed by atoms with van der Waals surface area (Å²) >= 11 is 0. The van der Waals surface area contributed by atoms with E-state index in [4.69, 9.17) is 4.84 Å². The van der Waals surface area contributed by atoms with E-state index in [9.17, 15) is 8.42 Å². The smallest absolute Gasteiger partial charge is 0.220 e. The first-order valence-electron chi connectivity index (χ1n) is 5.68. The molecule has 0 saturated heterocycles. The zero-order valence-corrected chi connectivity index (χ0v) is 11.0. The Hall–Kier alpha value is -2.14. The predicted molar refractivity (Wildman–Crippen MR) is 73.4 cm³/mol. The van der Waals surface area contributed by atoms with E-state index in [-0.39, 0.29) is 11.5 Å². The van der Waals surface area contributed by atoms with E-state index in [0.29, 0.717) is 0 Å². The van der Waals surface area contributed by atoms with E-state index in [2.05, 4.69) is 5.16 Å². The molecule has 0 aliphatic rings. The minimum Gasteiger partial charge on any atom is -0.390 e. The molecule has 2 aromatic rings. The standard InChI is InChI=1S/C14H13NO3S/c16-19(17,14-9-5-2-6-10-14)12-15-18-11-13-7-3-1-4-8-13/h1-10,12H,11H2. The average molecular weight is 275 g/mol. The summed E-state index contributed by atoms with van der Waals surface area (Å²) < 4.78 is 23.6. The summed E-state index contributed by atoms with van der Waals surface area (Å²) in [6.07, 6.45) is 0. The van der Waals surface area contributed by atoms with Crippen molar-refractivity contribution in [2.24, 2.45) is 5.16 Å². The van der Waals surface area contributed by atoms with Gasteiger partial charge in [0.15, 0.2) is 5.55 Å². The van der Waals surface area contributed by atoms with E-state index in [1.54, 1.807) is 18.2 Å². The van der Waals surface area contributed by atoms with Gasteiger partial charge in [0.2, 0.25) is 9.84 Å². The lowest BCUT2D eigenvalue weighted by Crippen LogP contribution is -2.02. The fourth-order valence-electron chi connectivity index (χ4n) is 1.44. The van der Waals surface area contributed by atoms with Gasteiger partial charge in [0.25, 0.3) is 0 Å². The molecule has 0 aliphatic carbocycles. The Morgan fingerprint density at radius 1 is 0.947 bits per heavy atom. The molecule has 0 spiro atoms. The van der Waals surface area contributed by atoms with Crippen LogP contribution in [0.2, 0.25) is 0 Å². The summed E-state index contributed by atoms with van der Waals surface area (Å²) in [7, 11) is -3.53. The highest BCUT2D eigenvalue weighted by molar-refractivity contribution is 8.04. The van der Waals surface area contributed by atoms with Gasteiger partial charge in [-0.15, -0.1) is 0 Å². The second-order valence-corrected chi connectivity index (χ2v) is 5.60. The maximum absolute atomic E-state index is 11.8. The number of hydrogen-bond donors (Lipinski definition) is 0. The first-order chi connectivity index (χ1) is 9.18. The van der Waals surface area contributed by atoms with E-state index in [0.717, 1.165) is 11.1 Å². The lowest BCUT2D eigenvalue weighted by molar-refractivity contribution is 0.132. The van der Waals surface area contributed by atoms with E-state index < -0.39 is 9.84 Å². The Balaban J connectivity index is 1.96. The van der Waals surface area contributed by atoms with Crippen LogP contribution in [0.3, 0.4) is 0 Å². The first kappa shape index (κ1) is 13.3. The molecule has 2 aromatic carbocycles. The molecule has 0 atom stereocenters. The molecule has 0 heterocycles. The number of hydrogen-bond acceptors (Lipinski definition) is 4. The molecule has 5 heteroatoms. The van der Waals surface area contributed by atoms with Gasteiger partial charge in [-0.05, 0) is 17.7 Å². The van der Waals surface area contributed by atoms with Gasteiger partial charge in [-0.1, -0.05) is 53.7 Å². The fraction of sp³-hybridized carbons (Fsp3) is 0.0714. The Labute approximate surface area is 112 Å². The van der Waals surface area contributed by atoms with Gasteiger partial charge >= 0.3 is 0 Å². The Bertz CT molecular complexity index is 637. The van der Waals surface area contributed by atoms with E-state index in [1.165, 1.54) is 12.1 Å². The van der Waals surface area contributed by atoms with Crippen molar-refractivity contribution in [2.45, 2.75) is 11.5 Å². The first-order valence-corrected chi connectivity index (χ1v) is 7.22. The minimum atomic E-state index is -3.53. The molecule has 0 unspecified atom stereocenters. The number of rotatable bonds is 5. The van der Waals surface area contributed by atoms with Gasteiger partial charge in [-0.2, -0.15) is 0 Å². The van der Waals surface area contributed by atoms with Crippen LogP contribution in [0.25, 0.3) is 0 Å². The molecule has 0 N–H and O–H groups in total. The van der Waals surface area contributed by atoms with Crippen molar-refractivity contribution >= 4 is 15.4 Å². The highest BCUT2D eigenvalue weighted by Gasteiger charge is 2.10. The highest BCUT2D eigenvalue weighted by Crippen LogP contribution is 2.08. The van der Waals surface area contributed by atoms with Gasteiger partial charge in [-0.25, -0.2) is 8.42 Å². The molecular weight excluding hydrogens is 262 g/mol. The summed E-state index contributed by atoms with van der Waals surface area (Å²) in [6, 6.07) is 17.5. The second kappa shape index (κ2) is 6.15. The molecule has 0 aliphatic heterocycles. The third-order valence-corrected chi connectivity index (χ3v) is 3.69. The lowest BCUT2D eigenvalue weighted by Gasteiger charge is -1.99. The number of benzene rings is 2. The lowest BCUT2D eigenvalue weighted by atomic mass is 10.2. The zero-order valence-electron chi connectivity index (χ0n) is 10.1. The normalized spacial score (nSPS) is 11.6. The SMILES string of the molecule is O=S(=O)(C=NOCc1ccccc1)c1ccccc1. The Morgan fingerprint density at radius 2 is 1.53 bits per heavy atom. The molecule has 19 heavy (non-hydrogen) atoms. The molecule has 98 valence electrons. The summed E-state index contributed by atoms with van der Waals surface area (Å²) in [5, 5.41) is 3.50. The van der Waals surface area contributed by atoms with Crippen LogP contribution in [0.4, 0.5) is 0 Å². The largest absolute Gasteiger partial charge is 0.390 e. The maximum atomic E-state index is 11.8. The molecule has 2 rings (SSSR count). The quantitative estimate of drug-likeness (QED) is 0.479. The average Bonchev–Trinajstić information content (AvgIpc) is 2.46. The fourth-order valence-corrected chi connectivity index (χ4v) is 2.28.